The van der Waals surface area contributed by atoms with Gasteiger partial charge in [0.15, 0.2) is 5.82 Å². The smallest absolute Gasteiger partial charge is 0.155 e. The van der Waals surface area contributed by atoms with E-state index >= 15 is 0 Å². The normalized spacial score (nSPS) is 10.6. The lowest BCUT2D eigenvalue weighted by Gasteiger charge is -2.03. The van der Waals surface area contributed by atoms with Gasteiger partial charge in [-0.3, -0.25) is 0 Å². The number of para-hydroxylation sites is 1. The quantitative estimate of drug-likeness (QED) is 0.764. The molecule has 0 spiro atoms. The molecule has 0 atom stereocenters. The Morgan fingerprint density at radius 3 is 2.32 bits per heavy atom. The van der Waals surface area contributed by atoms with Crippen LogP contribution in [-0.2, 0) is 0 Å². The Hall–Kier alpha value is -2.69. The number of anilines is 1. The van der Waals surface area contributed by atoms with Crippen LogP contribution in [0.2, 0.25) is 0 Å². The average Bonchev–Trinajstić information content (AvgIpc) is 2.83. The zero-order chi connectivity index (χ0) is 13.2. The summed E-state index contributed by atoms with van der Waals surface area (Å²) in [6.07, 6.45) is 0. The maximum Gasteiger partial charge on any atom is 0.155 e. The molecule has 0 aliphatic heterocycles. The van der Waals surface area contributed by atoms with E-state index in [1.54, 1.807) is 16.8 Å². The highest BCUT2D eigenvalue weighted by Gasteiger charge is 2.12. The van der Waals surface area contributed by atoms with Gasteiger partial charge < -0.3 is 5.73 Å². The van der Waals surface area contributed by atoms with Crippen LogP contribution >= 0.6 is 0 Å². The molecule has 1 heterocycles. The van der Waals surface area contributed by atoms with E-state index in [1.807, 2.05) is 30.3 Å². The molecule has 5 heteroatoms. The molecule has 0 amide bonds. The van der Waals surface area contributed by atoms with Crippen molar-refractivity contribution in [2.75, 3.05) is 5.73 Å². The number of aromatic nitrogens is 3. The zero-order valence-corrected chi connectivity index (χ0v) is 9.99. The van der Waals surface area contributed by atoms with Gasteiger partial charge in [-0.25, -0.2) is 4.39 Å². The largest absolute Gasteiger partial charge is 0.382 e. The SMILES string of the molecule is Nc1c(-c2ccc(F)cc2)nnn1-c1ccccc1. The molecule has 0 unspecified atom stereocenters. The molecule has 0 aliphatic rings. The van der Waals surface area contributed by atoms with Crippen LogP contribution in [0.5, 0.6) is 0 Å². The molecular formula is C14H11FN4. The zero-order valence-electron chi connectivity index (χ0n) is 9.99. The minimum absolute atomic E-state index is 0.294. The summed E-state index contributed by atoms with van der Waals surface area (Å²) < 4.78 is 14.5. The summed E-state index contributed by atoms with van der Waals surface area (Å²) in [5.74, 6) is 0.135. The van der Waals surface area contributed by atoms with Crippen LogP contribution in [0.25, 0.3) is 16.9 Å². The Balaban J connectivity index is 2.06. The van der Waals surface area contributed by atoms with E-state index in [0.717, 1.165) is 11.3 Å². The number of halogens is 1. The summed E-state index contributed by atoms with van der Waals surface area (Å²) >= 11 is 0. The maximum absolute atomic E-state index is 12.9. The molecule has 1 aromatic heterocycles. The van der Waals surface area contributed by atoms with Gasteiger partial charge in [0, 0.05) is 5.56 Å². The van der Waals surface area contributed by atoms with Crippen molar-refractivity contribution in [2.24, 2.45) is 0 Å². The first kappa shape index (κ1) is 11.4. The number of hydrogen-bond acceptors (Lipinski definition) is 3. The molecule has 0 radical (unpaired) electrons. The third-order valence-corrected chi connectivity index (χ3v) is 2.82. The highest BCUT2D eigenvalue weighted by molar-refractivity contribution is 5.70. The topological polar surface area (TPSA) is 56.7 Å². The summed E-state index contributed by atoms with van der Waals surface area (Å²) in [7, 11) is 0. The Bertz CT molecular complexity index is 689. The predicted octanol–water partition coefficient (Wildman–Crippen LogP) is 2.66. The van der Waals surface area contributed by atoms with Crippen molar-refractivity contribution in [1.29, 1.82) is 0 Å². The molecule has 0 fully saturated rings. The highest BCUT2D eigenvalue weighted by Crippen LogP contribution is 2.25. The molecule has 19 heavy (non-hydrogen) atoms. The van der Waals surface area contributed by atoms with Gasteiger partial charge in [-0.1, -0.05) is 23.4 Å². The average molecular weight is 254 g/mol. The second-order valence-corrected chi connectivity index (χ2v) is 4.08. The van der Waals surface area contributed by atoms with Crippen molar-refractivity contribution in [3.05, 3.63) is 60.4 Å². The molecule has 3 rings (SSSR count). The minimum atomic E-state index is -0.294. The fraction of sp³-hybridized carbons (Fsp3) is 0. The molecule has 2 aromatic carbocycles. The Morgan fingerprint density at radius 2 is 1.63 bits per heavy atom. The standard InChI is InChI=1S/C14H11FN4/c15-11-8-6-10(7-9-11)13-14(16)19(18-17-13)12-4-2-1-3-5-12/h1-9H,16H2. The number of hydrogen-bond donors (Lipinski definition) is 1. The van der Waals surface area contributed by atoms with Crippen LogP contribution in [0.15, 0.2) is 54.6 Å². The molecule has 94 valence electrons. The number of nitrogens with two attached hydrogens (primary N) is 1. The van der Waals surface area contributed by atoms with E-state index < -0.39 is 0 Å². The predicted molar refractivity (Wildman–Crippen MR) is 71.2 cm³/mol. The second kappa shape index (κ2) is 4.53. The summed E-state index contributed by atoms with van der Waals surface area (Å²) in [5, 5.41) is 8.09. The highest BCUT2D eigenvalue weighted by atomic mass is 19.1. The monoisotopic (exact) mass is 254 g/mol. The number of nitrogens with zero attached hydrogens (tertiary/aromatic N) is 3. The first-order valence-corrected chi connectivity index (χ1v) is 5.78. The van der Waals surface area contributed by atoms with E-state index in [2.05, 4.69) is 10.3 Å². The maximum atomic E-state index is 12.9. The van der Waals surface area contributed by atoms with E-state index in [-0.39, 0.29) is 5.82 Å². The fourth-order valence-corrected chi connectivity index (χ4v) is 1.86. The Kier molecular flexibility index (Phi) is 2.72. The Morgan fingerprint density at radius 1 is 0.947 bits per heavy atom. The molecule has 0 aliphatic carbocycles. The fourth-order valence-electron chi connectivity index (χ4n) is 1.86. The lowest BCUT2D eigenvalue weighted by molar-refractivity contribution is 0.628. The third kappa shape index (κ3) is 2.06. The van der Waals surface area contributed by atoms with Crippen molar-refractivity contribution in [3.8, 4) is 16.9 Å². The lowest BCUT2D eigenvalue weighted by atomic mass is 10.1. The Labute approximate surface area is 109 Å². The molecule has 4 nitrogen and oxygen atoms in total. The van der Waals surface area contributed by atoms with Gasteiger partial charge in [-0.05, 0) is 36.4 Å². The number of benzene rings is 2. The van der Waals surface area contributed by atoms with E-state index in [1.165, 1.54) is 12.1 Å². The molecule has 0 saturated heterocycles. The van der Waals surface area contributed by atoms with Crippen LogP contribution in [0, 0.1) is 5.82 Å². The van der Waals surface area contributed by atoms with Crippen LogP contribution in [0.3, 0.4) is 0 Å². The summed E-state index contributed by atoms with van der Waals surface area (Å²) in [4.78, 5) is 0. The van der Waals surface area contributed by atoms with Gasteiger partial charge in [0.25, 0.3) is 0 Å². The summed E-state index contributed by atoms with van der Waals surface area (Å²) in [6.45, 7) is 0. The molecule has 2 N–H and O–H groups in total. The number of rotatable bonds is 2. The van der Waals surface area contributed by atoms with E-state index in [0.29, 0.717) is 11.5 Å². The van der Waals surface area contributed by atoms with Gasteiger partial charge in [-0.2, -0.15) is 4.68 Å². The minimum Gasteiger partial charge on any atom is -0.382 e. The van der Waals surface area contributed by atoms with Gasteiger partial charge >= 0.3 is 0 Å². The molecular weight excluding hydrogens is 243 g/mol. The summed E-state index contributed by atoms with van der Waals surface area (Å²) in [5.41, 5.74) is 8.17. The van der Waals surface area contributed by atoms with Crippen molar-refractivity contribution < 1.29 is 4.39 Å². The van der Waals surface area contributed by atoms with Crippen LogP contribution in [0.4, 0.5) is 10.2 Å². The van der Waals surface area contributed by atoms with Crippen LogP contribution < -0.4 is 5.73 Å². The third-order valence-electron chi connectivity index (χ3n) is 2.82. The first-order valence-electron chi connectivity index (χ1n) is 5.78. The van der Waals surface area contributed by atoms with Gasteiger partial charge in [0.1, 0.15) is 11.5 Å². The summed E-state index contributed by atoms with van der Waals surface area (Å²) in [6, 6.07) is 15.5. The van der Waals surface area contributed by atoms with Gasteiger partial charge in [0.2, 0.25) is 0 Å². The molecule has 0 bridgehead atoms. The van der Waals surface area contributed by atoms with Gasteiger partial charge in [-0.15, -0.1) is 5.10 Å². The first-order chi connectivity index (χ1) is 9.25. The van der Waals surface area contributed by atoms with E-state index in [4.69, 9.17) is 5.73 Å². The van der Waals surface area contributed by atoms with Crippen LogP contribution in [0.1, 0.15) is 0 Å². The molecule has 3 aromatic rings. The van der Waals surface area contributed by atoms with Crippen molar-refractivity contribution in [1.82, 2.24) is 15.0 Å². The second-order valence-electron chi connectivity index (χ2n) is 4.08. The van der Waals surface area contributed by atoms with Crippen LogP contribution in [-0.4, -0.2) is 15.0 Å². The van der Waals surface area contributed by atoms with Crippen molar-refractivity contribution in [3.63, 3.8) is 0 Å². The van der Waals surface area contributed by atoms with Crippen molar-refractivity contribution >= 4 is 5.82 Å². The molecule has 0 saturated carbocycles. The van der Waals surface area contributed by atoms with Crippen molar-refractivity contribution in [2.45, 2.75) is 0 Å². The van der Waals surface area contributed by atoms with E-state index in [9.17, 15) is 4.39 Å². The lowest BCUT2D eigenvalue weighted by Crippen LogP contribution is -2.01. The van der Waals surface area contributed by atoms with Gasteiger partial charge in [0.05, 0.1) is 5.69 Å². The number of nitrogen functional groups attached to an aromatic ring is 1.